The van der Waals surface area contributed by atoms with Gasteiger partial charge < -0.3 is 21.7 Å². The van der Waals surface area contributed by atoms with Gasteiger partial charge >= 0.3 is 0 Å². The molecule has 0 aliphatic carbocycles. The van der Waals surface area contributed by atoms with E-state index in [1.54, 1.807) is 14.0 Å². The second-order valence-electron chi connectivity index (χ2n) is 3.57. The highest BCUT2D eigenvalue weighted by molar-refractivity contribution is 7.18. The first kappa shape index (κ1) is 14.2. The van der Waals surface area contributed by atoms with Gasteiger partial charge in [-0.2, -0.15) is 0 Å². The van der Waals surface area contributed by atoms with Crippen LogP contribution in [-0.2, 0) is 4.79 Å². The molecule has 7 nitrogen and oxygen atoms in total. The Hall–Kier alpha value is -1.83. The summed E-state index contributed by atoms with van der Waals surface area (Å²) in [6.07, 6.45) is 0. The number of thiazole rings is 1. The predicted molar refractivity (Wildman–Crippen MR) is 71.7 cm³/mol. The molecule has 0 radical (unpaired) electrons. The Morgan fingerprint density at radius 1 is 1.50 bits per heavy atom. The zero-order valence-corrected chi connectivity index (χ0v) is 11.4. The van der Waals surface area contributed by atoms with Crippen molar-refractivity contribution in [3.05, 3.63) is 4.88 Å². The standard InChI is InChI=1S/C10H17N5O2S/c1-4-13-8(16)5(2)14-9(17)6-7(11)15-10(12-3)18-6/h5H,4,11H2,1-3H3,(H,12,15)(H,13,16)(H,14,17). The highest BCUT2D eigenvalue weighted by Crippen LogP contribution is 2.24. The Labute approximate surface area is 109 Å². The number of aromatic nitrogens is 1. The zero-order chi connectivity index (χ0) is 13.7. The molecule has 0 bridgehead atoms. The third kappa shape index (κ3) is 3.33. The van der Waals surface area contributed by atoms with Crippen molar-refractivity contribution in [3.8, 4) is 0 Å². The summed E-state index contributed by atoms with van der Waals surface area (Å²) in [7, 11) is 1.69. The molecule has 0 aliphatic heterocycles. The van der Waals surface area contributed by atoms with Gasteiger partial charge in [-0.05, 0) is 13.8 Å². The molecule has 0 fully saturated rings. The lowest BCUT2D eigenvalue weighted by Crippen LogP contribution is -2.44. The molecule has 1 aromatic heterocycles. The van der Waals surface area contributed by atoms with Crippen molar-refractivity contribution in [3.63, 3.8) is 0 Å². The van der Waals surface area contributed by atoms with E-state index < -0.39 is 11.9 Å². The van der Waals surface area contributed by atoms with Crippen molar-refractivity contribution < 1.29 is 9.59 Å². The van der Waals surface area contributed by atoms with E-state index in [9.17, 15) is 9.59 Å². The topological polar surface area (TPSA) is 109 Å². The fraction of sp³-hybridized carbons (Fsp3) is 0.500. The summed E-state index contributed by atoms with van der Waals surface area (Å²) in [6, 6.07) is -0.614. The predicted octanol–water partition coefficient (Wildman–Crippen LogP) is 0.0214. The maximum Gasteiger partial charge on any atom is 0.265 e. The number of amides is 2. The fourth-order valence-corrected chi connectivity index (χ4v) is 2.00. The summed E-state index contributed by atoms with van der Waals surface area (Å²) < 4.78 is 0. The molecule has 1 unspecified atom stereocenters. The molecule has 1 heterocycles. The Morgan fingerprint density at radius 2 is 2.17 bits per heavy atom. The van der Waals surface area contributed by atoms with Crippen molar-refractivity contribution in [2.75, 3.05) is 24.6 Å². The molecule has 0 aromatic carbocycles. The third-order valence-electron chi connectivity index (χ3n) is 2.17. The quantitative estimate of drug-likeness (QED) is 0.603. The zero-order valence-electron chi connectivity index (χ0n) is 10.5. The first-order chi connectivity index (χ1) is 8.49. The smallest absolute Gasteiger partial charge is 0.265 e. The molecule has 0 spiro atoms. The van der Waals surface area contributed by atoms with Gasteiger partial charge in [0.2, 0.25) is 5.91 Å². The molecule has 0 aliphatic rings. The van der Waals surface area contributed by atoms with Crippen molar-refractivity contribution in [2.45, 2.75) is 19.9 Å². The lowest BCUT2D eigenvalue weighted by Gasteiger charge is -2.12. The summed E-state index contributed by atoms with van der Waals surface area (Å²) in [4.78, 5) is 27.6. The SMILES string of the molecule is CCNC(=O)C(C)NC(=O)c1sc(NC)nc1N. The summed E-state index contributed by atoms with van der Waals surface area (Å²) in [5.74, 6) is -0.474. The molecule has 0 saturated carbocycles. The number of hydrogen-bond donors (Lipinski definition) is 4. The van der Waals surface area contributed by atoms with Crippen LogP contribution in [-0.4, -0.2) is 36.4 Å². The second kappa shape index (κ2) is 6.20. The van der Waals surface area contributed by atoms with Gasteiger partial charge in [0.15, 0.2) is 5.13 Å². The summed E-state index contributed by atoms with van der Waals surface area (Å²) in [6.45, 7) is 3.94. The van der Waals surface area contributed by atoms with Crippen LogP contribution in [0.15, 0.2) is 0 Å². The van der Waals surface area contributed by atoms with E-state index in [0.717, 1.165) is 11.3 Å². The van der Waals surface area contributed by atoms with E-state index in [1.165, 1.54) is 0 Å². The number of carbonyl (C=O) groups is 2. The van der Waals surface area contributed by atoms with Gasteiger partial charge in [0.1, 0.15) is 16.7 Å². The molecule has 0 saturated heterocycles. The number of nitrogens with one attached hydrogen (secondary N) is 3. The number of nitrogens with two attached hydrogens (primary N) is 1. The molecule has 18 heavy (non-hydrogen) atoms. The van der Waals surface area contributed by atoms with Crippen LogP contribution in [0.5, 0.6) is 0 Å². The Balaban J connectivity index is 2.70. The average molecular weight is 271 g/mol. The average Bonchev–Trinajstić information content (AvgIpc) is 2.70. The van der Waals surface area contributed by atoms with Crippen LogP contribution >= 0.6 is 11.3 Å². The maximum atomic E-state index is 11.9. The van der Waals surface area contributed by atoms with Crippen LogP contribution < -0.4 is 21.7 Å². The molecule has 100 valence electrons. The van der Waals surface area contributed by atoms with Crippen molar-refractivity contribution in [2.24, 2.45) is 0 Å². The van der Waals surface area contributed by atoms with Crippen LogP contribution in [0.1, 0.15) is 23.5 Å². The number of rotatable bonds is 5. The summed E-state index contributed by atoms with van der Waals surface area (Å²) in [5.41, 5.74) is 5.63. The number of nitrogen functional groups attached to an aromatic ring is 1. The summed E-state index contributed by atoms with van der Waals surface area (Å²) in [5, 5.41) is 8.56. The molecule has 1 aromatic rings. The monoisotopic (exact) mass is 271 g/mol. The number of anilines is 2. The number of nitrogens with zero attached hydrogens (tertiary/aromatic N) is 1. The summed E-state index contributed by atoms with van der Waals surface area (Å²) >= 11 is 1.14. The van der Waals surface area contributed by atoms with E-state index >= 15 is 0 Å². The fourth-order valence-electron chi connectivity index (χ4n) is 1.26. The Morgan fingerprint density at radius 3 is 2.67 bits per heavy atom. The van der Waals surface area contributed by atoms with Gasteiger partial charge in [0.05, 0.1) is 0 Å². The highest BCUT2D eigenvalue weighted by Gasteiger charge is 2.20. The van der Waals surface area contributed by atoms with Gasteiger partial charge in [-0.15, -0.1) is 0 Å². The number of hydrogen-bond acceptors (Lipinski definition) is 6. The van der Waals surface area contributed by atoms with Crippen LogP contribution in [0.4, 0.5) is 10.9 Å². The molecule has 8 heteroatoms. The molecule has 5 N–H and O–H groups in total. The van der Waals surface area contributed by atoms with Gasteiger partial charge in [0.25, 0.3) is 5.91 Å². The number of carbonyl (C=O) groups excluding carboxylic acids is 2. The van der Waals surface area contributed by atoms with Crippen LogP contribution in [0.2, 0.25) is 0 Å². The van der Waals surface area contributed by atoms with Crippen molar-refractivity contribution in [1.82, 2.24) is 15.6 Å². The van der Waals surface area contributed by atoms with Crippen molar-refractivity contribution >= 4 is 34.1 Å². The van der Waals surface area contributed by atoms with Crippen LogP contribution in [0, 0.1) is 0 Å². The van der Waals surface area contributed by atoms with Gasteiger partial charge in [-0.25, -0.2) is 4.98 Å². The molecular weight excluding hydrogens is 254 g/mol. The van der Waals surface area contributed by atoms with E-state index in [1.807, 2.05) is 6.92 Å². The van der Waals surface area contributed by atoms with E-state index in [4.69, 9.17) is 5.73 Å². The first-order valence-electron chi connectivity index (χ1n) is 5.52. The van der Waals surface area contributed by atoms with E-state index in [2.05, 4.69) is 20.9 Å². The molecule has 1 rings (SSSR count). The second-order valence-corrected chi connectivity index (χ2v) is 4.57. The van der Waals surface area contributed by atoms with E-state index in [-0.39, 0.29) is 11.7 Å². The molecular formula is C10H17N5O2S. The minimum atomic E-state index is -0.614. The number of likely N-dealkylation sites (N-methyl/N-ethyl adjacent to an activating group) is 1. The Bertz CT molecular complexity index is 445. The van der Waals surface area contributed by atoms with Crippen LogP contribution in [0.25, 0.3) is 0 Å². The van der Waals surface area contributed by atoms with E-state index in [0.29, 0.717) is 16.6 Å². The minimum Gasteiger partial charge on any atom is -0.382 e. The lowest BCUT2D eigenvalue weighted by atomic mass is 10.3. The van der Waals surface area contributed by atoms with Gasteiger partial charge in [0, 0.05) is 13.6 Å². The maximum absolute atomic E-state index is 11.9. The van der Waals surface area contributed by atoms with Gasteiger partial charge in [-0.3, -0.25) is 9.59 Å². The normalized spacial score (nSPS) is 11.7. The first-order valence-corrected chi connectivity index (χ1v) is 6.33. The van der Waals surface area contributed by atoms with Crippen LogP contribution in [0.3, 0.4) is 0 Å². The third-order valence-corrected chi connectivity index (χ3v) is 3.25. The highest BCUT2D eigenvalue weighted by atomic mass is 32.1. The molecule has 2 amide bonds. The largest absolute Gasteiger partial charge is 0.382 e. The van der Waals surface area contributed by atoms with Crippen molar-refractivity contribution in [1.29, 1.82) is 0 Å². The Kier molecular flexibility index (Phi) is 4.90. The minimum absolute atomic E-state index is 0.157. The lowest BCUT2D eigenvalue weighted by molar-refractivity contribution is -0.122. The molecule has 1 atom stereocenters. The van der Waals surface area contributed by atoms with Gasteiger partial charge in [-0.1, -0.05) is 11.3 Å².